The SMILES string of the molecule is CC1C(=O)[C@@H](O)[C@H]2C(C)(C)C(=O)CC[C@]2(C)[C@@]1(O)CCc1ccoc1. The summed E-state index contributed by atoms with van der Waals surface area (Å²) in [7, 11) is 0. The molecule has 0 aromatic carbocycles. The predicted octanol–water partition coefficient (Wildman–Crippen LogP) is 2.53. The number of fused-ring (bicyclic) bond motifs is 1. The highest BCUT2D eigenvalue weighted by Crippen LogP contribution is 2.61. The van der Waals surface area contributed by atoms with Gasteiger partial charge >= 0.3 is 0 Å². The van der Waals surface area contributed by atoms with E-state index in [1.54, 1.807) is 33.3 Å². The Morgan fingerprint density at radius 2 is 1.96 bits per heavy atom. The lowest BCUT2D eigenvalue weighted by Gasteiger charge is -2.62. The number of aryl methyl sites for hydroxylation is 1. The molecule has 1 unspecified atom stereocenters. The van der Waals surface area contributed by atoms with Gasteiger partial charge in [0, 0.05) is 29.1 Å². The van der Waals surface area contributed by atoms with E-state index in [0.717, 1.165) is 5.56 Å². The van der Waals surface area contributed by atoms with Crippen LogP contribution in [0.3, 0.4) is 0 Å². The molecule has 0 aliphatic heterocycles. The standard InChI is InChI=1S/C20H28O5/c1-12-15(22)16(23)17-18(2,3)14(21)6-8-19(17,4)20(12,24)9-5-13-7-10-25-11-13/h7,10-12,16-17,23-24H,5-6,8-9H2,1-4H3/t12?,16-,17+,19+,20-/m1/s1. The third-order valence-corrected chi connectivity index (χ3v) is 7.17. The van der Waals surface area contributed by atoms with Gasteiger partial charge < -0.3 is 14.6 Å². The maximum absolute atomic E-state index is 12.8. The Hall–Kier alpha value is -1.46. The van der Waals surface area contributed by atoms with E-state index in [4.69, 9.17) is 4.42 Å². The highest BCUT2D eigenvalue weighted by Gasteiger charge is 2.68. The second kappa shape index (κ2) is 5.78. The van der Waals surface area contributed by atoms with Crippen LogP contribution in [0.2, 0.25) is 0 Å². The lowest BCUT2D eigenvalue weighted by molar-refractivity contribution is -0.229. The zero-order chi connectivity index (χ0) is 18.6. The lowest BCUT2D eigenvalue weighted by atomic mass is 9.43. The molecule has 0 radical (unpaired) electrons. The summed E-state index contributed by atoms with van der Waals surface area (Å²) >= 11 is 0. The zero-order valence-electron chi connectivity index (χ0n) is 15.4. The molecule has 5 atom stereocenters. The van der Waals surface area contributed by atoms with Crippen molar-refractivity contribution in [2.75, 3.05) is 0 Å². The monoisotopic (exact) mass is 348 g/mol. The van der Waals surface area contributed by atoms with Gasteiger partial charge in [-0.05, 0) is 30.9 Å². The molecule has 0 bridgehead atoms. The number of furan rings is 1. The van der Waals surface area contributed by atoms with E-state index < -0.39 is 34.4 Å². The predicted molar refractivity (Wildman–Crippen MR) is 91.8 cm³/mol. The number of carbonyl (C=O) groups excluding carboxylic acids is 2. The van der Waals surface area contributed by atoms with Gasteiger partial charge in [-0.1, -0.05) is 27.7 Å². The molecule has 2 saturated carbocycles. The number of rotatable bonds is 3. The number of aliphatic hydroxyl groups is 2. The van der Waals surface area contributed by atoms with E-state index in [1.807, 2.05) is 13.0 Å². The molecule has 1 heterocycles. The summed E-state index contributed by atoms with van der Waals surface area (Å²) in [5, 5.41) is 22.4. The zero-order valence-corrected chi connectivity index (χ0v) is 15.4. The highest BCUT2D eigenvalue weighted by atomic mass is 16.3. The van der Waals surface area contributed by atoms with E-state index in [1.165, 1.54) is 0 Å². The highest BCUT2D eigenvalue weighted by molar-refractivity contribution is 5.92. The second-order valence-electron chi connectivity index (χ2n) is 8.66. The molecule has 2 fully saturated rings. The van der Waals surface area contributed by atoms with Crippen LogP contribution < -0.4 is 0 Å². The molecule has 5 nitrogen and oxygen atoms in total. The van der Waals surface area contributed by atoms with Gasteiger partial charge in [0.05, 0.1) is 18.1 Å². The van der Waals surface area contributed by atoms with Crippen LogP contribution in [0.4, 0.5) is 0 Å². The smallest absolute Gasteiger partial charge is 0.167 e. The molecular weight excluding hydrogens is 320 g/mol. The van der Waals surface area contributed by atoms with E-state index in [0.29, 0.717) is 25.7 Å². The molecule has 3 rings (SSSR count). The minimum atomic E-state index is -1.27. The minimum absolute atomic E-state index is 0.0496. The number of aliphatic hydroxyl groups excluding tert-OH is 1. The topological polar surface area (TPSA) is 87.7 Å². The fourth-order valence-corrected chi connectivity index (χ4v) is 5.47. The average molecular weight is 348 g/mol. The Morgan fingerprint density at radius 1 is 1.28 bits per heavy atom. The van der Waals surface area contributed by atoms with Crippen molar-refractivity contribution in [1.29, 1.82) is 0 Å². The first-order valence-corrected chi connectivity index (χ1v) is 9.04. The first kappa shape index (κ1) is 18.3. The summed E-state index contributed by atoms with van der Waals surface area (Å²) in [4.78, 5) is 25.2. The van der Waals surface area contributed by atoms with Gasteiger partial charge in [0.1, 0.15) is 11.9 Å². The molecule has 2 aliphatic rings. The van der Waals surface area contributed by atoms with Gasteiger partial charge in [-0.2, -0.15) is 0 Å². The fraction of sp³-hybridized carbons (Fsp3) is 0.700. The maximum Gasteiger partial charge on any atom is 0.167 e. The molecular formula is C20H28O5. The van der Waals surface area contributed by atoms with Crippen molar-refractivity contribution in [3.05, 3.63) is 24.2 Å². The maximum atomic E-state index is 12.8. The summed E-state index contributed by atoms with van der Waals surface area (Å²) in [5.74, 6) is -1.58. The fourth-order valence-electron chi connectivity index (χ4n) is 5.47. The van der Waals surface area contributed by atoms with Crippen molar-refractivity contribution in [2.24, 2.45) is 22.7 Å². The Morgan fingerprint density at radius 3 is 2.56 bits per heavy atom. The molecule has 2 aliphatic carbocycles. The van der Waals surface area contributed by atoms with Gasteiger partial charge in [0.15, 0.2) is 5.78 Å². The van der Waals surface area contributed by atoms with Gasteiger partial charge in [0.2, 0.25) is 0 Å². The quantitative estimate of drug-likeness (QED) is 0.876. The van der Waals surface area contributed by atoms with Crippen LogP contribution in [-0.4, -0.2) is 33.5 Å². The van der Waals surface area contributed by atoms with Crippen molar-refractivity contribution >= 4 is 11.6 Å². The van der Waals surface area contributed by atoms with Crippen LogP contribution >= 0.6 is 0 Å². The number of Topliss-reactive ketones (excluding diaryl/α,β-unsaturated/α-hetero) is 2. The number of hydrogen-bond donors (Lipinski definition) is 2. The molecule has 1 aromatic heterocycles. The van der Waals surface area contributed by atoms with Crippen molar-refractivity contribution in [2.45, 2.75) is 65.1 Å². The summed E-state index contributed by atoms with van der Waals surface area (Å²) in [6.07, 6.45) is 3.83. The first-order valence-electron chi connectivity index (χ1n) is 9.04. The molecule has 1 aromatic rings. The summed E-state index contributed by atoms with van der Waals surface area (Å²) in [6, 6.07) is 1.85. The molecule has 2 N–H and O–H groups in total. The van der Waals surface area contributed by atoms with Crippen LogP contribution in [0.1, 0.15) is 52.5 Å². The molecule has 0 saturated heterocycles. The Balaban J connectivity index is 2.03. The van der Waals surface area contributed by atoms with E-state index >= 15 is 0 Å². The van der Waals surface area contributed by atoms with E-state index in [2.05, 4.69) is 0 Å². The largest absolute Gasteiger partial charge is 0.472 e. The molecule has 0 spiro atoms. The van der Waals surface area contributed by atoms with Crippen LogP contribution in [0, 0.1) is 22.7 Å². The van der Waals surface area contributed by atoms with Crippen LogP contribution in [0.25, 0.3) is 0 Å². The molecule has 25 heavy (non-hydrogen) atoms. The van der Waals surface area contributed by atoms with E-state index in [9.17, 15) is 19.8 Å². The number of hydrogen-bond acceptors (Lipinski definition) is 5. The van der Waals surface area contributed by atoms with Gasteiger partial charge in [-0.15, -0.1) is 0 Å². The third-order valence-electron chi connectivity index (χ3n) is 7.17. The molecule has 5 heteroatoms. The second-order valence-corrected chi connectivity index (χ2v) is 8.66. The molecule has 138 valence electrons. The number of carbonyl (C=O) groups is 2. The Bertz CT molecular complexity index is 676. The van der Waals surface area contributed by atoms with Crippen LogP contribution in [0.15, 0.2) is 23.0 Å². The van der Waals surface area contributed by atoms with Gasteiger partial charge in [-0.25, -0.2) is 0 Å². The van der Waals surface area contributed by atoms with Crippen molar-refractivity contribution < 1.29 is 24.2 Å². The minimum Gasteiger partial charge on any atom is -0.472 e. The normalized spacial score (nSPS) is 40.8. The third kappa shape index (κ3) is 2.43. The number of ketones is 2. The van der Waals surface area contributed by atoms with Crippen molar-refractivity contribution in [1.82, 2.24) is 0 Å². The summed E-state index contributed by atoms with van der Waals surface area (Å²) < 4.78 is 5.10. The van der Waals surface area contributed by atoms with E-state index in [-0.39, 0.29) is 11.6 Å². The summed E-state index contributed by atoms with van der Waals surface area (Å²) in [5.41, 5.74) is -1.86. The van der Waals surface area contributed by atoms with Crippen LogP contribution in [0.5, 0.6) is 0 Å². The van der Waals surface area contributed by atoms with Crippen molar-refractivity contribution in [3.8, 4) is 0 Å². The molecule has 0 amide bonds. The van der Waals surface area contributed by atoms with Gasteiger partial charge in [0.25, 0.3) is 0 Å². The Labute approximate surface area is 148 Å². The first-order chi connectivity index (χ1) is 11.6. The van der Waals surface area contributed by atoms with Gasteiger partial charge in [-0.3, -0.25) is 9.59 Å². The van der Waals surface area contributed by atoms with Crippen molar-refractivity contribution in [3.63, 3.8) is 0 Å². The Kier molecular flexibility index (Phi) is 4.24. The summed E-state index contributed by atoms with van der Waals surface area (Å²) in [6.45, 7) is 7.22. The average Bonchev–Trinajstić information content (AvgIpc) is 3.07. The lowest BCUT2D eigenvalue weighted by Crippen LogP contribution is -2.71. The van der Waals surface area contributed by atoms with Crippen LogP contribution in [-0.2, 0) is 16.0 Å².